The van der Waals surface area contributed by atoms with Crippen LogP contribution in [0.2, 0.25) is 0 Å². The van der Waals surface area contributed by atoms with E-state index >= 15 is 0 Å². The highest BCUT2D eigenvalue weighted by Crippen LogP contribution is 2.25. The summed E-state index contributed by atoms with van der Waals surface area (Å²) in [5, 5.41) is 3.43. The molecule has 0 saturated carbocycles. The Morgan fingerprint density at radius 3 is 2.73 bits per heavy atom. The van der Waals surface area contributed by atoms with Crippen molar-refractivity contribution in [3.63, 3.8) is 0 Å². The van der Waals surface area contributed by atoms with E-state index in [9.17, 15) is 4.39 Å². The third-order valence-corrected chi connectivity index (χ3v) is 5.26. The van der Waals surface area contributed by atoms with Crippen molar-refractivity contribution in [2.75, 3.05) is 39.8 Å². The minimum absolute atomic E-state index is 0.0719. The van der Waals surface area contributed by atoms with Crippen LogP contribution in [0.1, 0.15) is 38.4 Å². The Kier molecular flexibility index (Phi) is 6.48. The lowest BCUT2D eigenvalue weighted by molar-refractivity contribution is -0.0605. The molecule has 0 aromatic heterocycles. The van der Waals surface area contributed by atoms with E-state index in [1.54, 1.807) is 0 Å². The lowest BCUT2D eigenvalue weighted by Gasteiger charge is -2.39. The van der Waals surface area contributed by atoms with Crippen LogP contribution >= 0.6 is 0 Å². The second-order valence-electron chi connectivity index (χ2n) is 7.36. The molecule has 0 aliphatic carbocycles. The van der Waals surface area contributed by atoms with Crippen LogP contribution < -0.4 is 5.32 Å². The summed E-state index contributed by atoms with van der Waals surface area (Å²) >= 11 is 0. The third kappa shape index (κ3) is 4.74. The maximum atomic E-state index is 13.2. The number of aliphatic imine (C=N–C) groups is 1. The van der Waals surface area contributed by atoms with Crippen LogP contribution in [0.3, 0.4) is 0 Å². The summed E-state index contributed by atoms with van der Waals surface area (Å²) in [5.74, 6) is 0.736. The number of benzene rings is 1. The average Bonchev–Trinajstić information content (AvgIpc) is 3.03. The zero-order valence-electron chi connectivity index (χ0n) is 16.1. The van der Waals surface area contributed by atoms with Gasteiger partial charge in [-0.25, -0.2) is 4.39 Å². The number of guanidine groups is 1. The van der Waals surface area contributed by atoms with Crippen LogP contribution in [0.4, 0.5) is 4.39 Å². The van der Waals surface area contributed by atoms with Gasteiger partial charge in [0.05, 0.1) is 19.2 Å². The van der Waals surface area contributed by atoms with Crippen molar-refractivity contribution in [2.45, 2.75) is 44.9 Å². The van der Waals surface area contributed by atoms with Crippen molar-refractivity contribution >= 4 is 5.96 Å². The lowest BCUT2D eigenvalue weighted by atomic mass is 10.1. The molecular formula is C20H31FN4O. The van der Waals surface area contributed by atoms with Crippen LogP contribution in [0, 0.1) is 5.82 Å². The predicted molar refractivity (Wildman–Crippen MR) is 103 cm³/mol. The van der Waals surface area contributed by atoms with Crippen molar-refractivity contribution in [1.82, 2.24) is 15.1 Å². The molecule has 1 aromatic rings. The molecule has 2 aliphatic rings. The van der Waals surface area contributed by atoms with Crippen molar-refractivity contribution in [1.29, 1.82) is 0 Å². The Bertz CT molecular complexity index is 606. The molecule has 2 aliphatic heterocycles. The Hall–Kier alpha value is -1.66. The van der Waals surface area contributed by atoms with E-state index in [0.717, 1.165) is 44.2 Å². The number of nitrogens with zero attached hydrogens (tertiary/aromatic N) is 3. The van der Waals surface area contributed by atoms with Crippen LogP contribution in [-0.4, -0.2) is 67.7 Å². The van der Waals surface area contributed by atoms with Gasteiger partial charge in [0, 0.05) is 19.1 Å². The van der Waals surface area contributed by atoms with Gasteiger partial charge in [-0.1, -0.05) is 12.1 Å². The highest BCUT2D eigenvalue weighted by molar-refractivity contribution is 5.80. The van der Waals surface area contributed by atoms with Crippen LogP contribution in [-0.2, 0) is 4.74 Å². The first-order valence-corrected chi connectivity index (χ1v) is 9.71. The first-order valence-electron chi connectivity index (χ1n) is 9.71. The zero-order valence-corrected chi connectivity index (χ0v) is 16.1. The molecule has 5 nitrogen and oxygen atoms in total. The van der Waals surface area contributed by atoms with Crippen molar-refractivity contribution in [2.24, 2.45) is 4.99 Å². The van der Waals surface area contributed by atoms with Crippen LogP contribution in [0.15, 0.2) is 29.3 Å². The highest BCUT2D eigenvalue weighted by Gasteiger charge is 2.29. The number of rotatable bonds is 4. The van der Waals surface area contributed by atoms with Crippen LogP contribution in [0.25, 0.3) is 0 Å². The molecule has 144 valence electrons. The molecule has 1 aromatic carbocycles. The molecule has 2 fully saturated rings. The SMILES string of the molecule is CCNC(=NCC1CCCN1C)N1CC(C)OC(c2ccc(F)cc2)C1. The van der Waals surface area contributed by atoms with Gasteiger partial charge in [-0.3, -0.25) is 4.99 Å². The second-order valence-corrected chi connectivity index (χ2v) is 7.36. The summed E-state index contributed by atoms with van der Waals surface area (Å²) in [6.07, 6.45) is 2.50. The fourth-order valence-electron chi connectivity index (χ4n) is 3.81. The fourth-order valence-corrected chi connectivity index (χ4v) is 3.81. The Labute approximate surface area is 156 Å². The first kappa shape index (κ1) is 19.1. The first-order chi connectivity index (χ1) is 12.6. The molecule has 26 heavy (non-hydrogen) atoms. The Morgan fingerprint density at radius 2 is 2.08 bits per heavy atom. The Balaban J connectivity index is 1.71. The topological polar surface area (TPSA) is 40.1 Å². The number of hydrogen-bond donors (Lipinski definition) is 1. The minimum atomic E-state index is -0.218. The maximum Gasteiger partial charge on any atom is 0.194 e. The van der Waals surface area contributed by atoms with E-state index < -0.39 is 0 Å². The molecule has 0 spiro atoms. The molecular weight excluding hydrogens is 331 g/mol. The normalized spacial score (nSPS) is 27.8. The molecule has 1 N–H and O–H groups in total. The molecule has 2 heterocycles. The monoisotopic (exact) mass is 362 g/mol. The molecule has 6 heteroatoms. The minimum Gasteiger partial charge on any atom is -0.367 e. The lowest BCUT2D eigenvalue weighted by Crippen LogP contribution is -2.51. The van der Waals surface area contributed by atoms with Crippen molar-refractivity contribution in [3.8, 4) is 0 Å². The number of nitrogens with one attached hydrogen (secondary N) is 1. The predicted octanol–water partition coefficient (Wildman–Crippen LogP) is 2.65. The summed E-state index contributed by atoms with van der Waals surface area (Å²) < 4.78 is 19.3. The van der Waals surface area contributed by atoms with Crippen molar-refractivity contribution in [3.05, 3.63) is 35.6 Å². The summed E-state index contributed by atoms with van der Waals surface area (Å²) in [7, 11) is 2.18. The van der Waals surface area contributed by atoms with Crippen molar-refractivity contribution < 1.29 is 9.13 Å². The van der Waals surface area contributed by atoms with Gasteiger partial charge in [-0.05, 0) is 58.0 Å². The molecule has 0 radical (unpaired) electrons. The van der Waals surface area contributed by atoms with Gasteiger partial charge in [0.1, 0.15) is 11.9 Å². The standard InChI is InChI=1S/C20H31FN4O/c1-4-22-20(23-12-18-6-5-11-24(18)3)25-13-15(2)26-19(14-25)16-7-9-17(21)10-8-16/h7-10,15,18-19H,4-6,11-14H2,1-3H3,(H,22,23). The molecule has 3 atom stereocenters. The van der Waals surface area contributed by atoms with Gasteiger partial charge in [0.25, 0.3) is 0 Å². The smallest absolute Gasteiger partial charge is 0.194 e. The quantitative estimate of drug-likeness (QED) is 0.660. The van der Waals surface area contributed by atoms with Crippen LogP contribution in [0.5, 0.6) is 0 Å². The Morgan fingerprint density at radius 1 is 1.31 bits per heavy atom. The summed E-state index contributed by atoms with van der Waals surface area (Å²) in [6.45, 7) is 8.54. The second kappa shape index (κ2) is 8.82. The maximum absolute atomic E-state index is 13.2. The molecule has 3 unspecified atom stereocenters. The van der Waals surface area contributed by atoms with E-state index in [2.05, 4.69) is 36.0 Å². The third-order valence-electron chi connectivity index (χ3n) is 5.26. The fraction of sp³-hybridized carbons (Fsp3) is 0.650. The summed E-state index contributed by atoms with van der Waals surface area (Å²) in [4.78, 5) is 9.60. The average molecular weight is 362 g/mol. The highest BCUT2D eigenvalue weighted by atomic mass is 19.1. The van der Waals surface area contributed by atoms with Gasteiger partial charge in [-0.15, -0.1) is 0 Å². The summed E-state index contributed by atoms with van der Waals surface area (Å²) in [6, 6.07) is 7.16. The number of likely N-dealkylation sites (tertiary alicyclic amines) is 1. The van der Waals surface area contributed by atoms with Gasteiger partial charge in [-0.2, -0.15) is 0 Å². The number of hydrogen-bond acceptors (Lipinski definition) is 3. The van der Waals surface area contributed by atoms with E-state index in [1.807, 2.05) is 12.1 Å². The number of ether oxygens (including phenoxy) is 1. The largest absolute Gasteiger partial charge is 0.367 e. The van der Waals surface area contributed by atoms with E-state index in [4.69, 9.17) is 9.73 Å². The van der Waals surface area contributed by atoms with E-state index in [0.29, 0.717) is 6.04 Å². The van der Waals surface area contributed by atoms with E-state index in [1.165, 1.54) is 25.0 Å². The molecule has 3 rings (SSSR count). The van der Waals surface area contributed by atoms with Gasteiger partial charge < -0.3 is 19.9 Å². The van der Waals surface area contributed by atoms with Gasteiger partial charge in [0.15, 0.2) is 5.96 Å². The summed E-state index contributed by atoms with van der Waals surface area (Å²) in [5.41, 5.74) is 1.01. The number of likely N-dealkylation sites (N-methyl/N-ethyl adjacent to an activating group) is 1. The number of morpholine rings is 1. The number of halogens is 1. The molecule has 0 amide bonds. The van der Waals surface area contributed by atoms with E-state index in [-0.39, 0.29) is 18.0 Å². The zero-order chi connectivity index (χ0) is 18.5. The van der Waals surface area contributed by atoms with Gasteiger partial charge >= 0.3 is 0 Å². The molecule has 2 saturated heterocycles. The van der Waals surface area contributed by atoms with Gasteiger partial charge in [0.2, 0.25) is 0 Å². The molecule has 0 bridgehead atoms.